The molecule has 1 aromatic heterocycles. The van der Waals surface area contributed by atoms with Crippen molar-refractivity contribution in [1.82, 2.24) is 15.2 Å². The van der Waals surface area contributed by atoms with Crippen molar-refractivity contribution in [2.75, 3.05) is 58.4 Å². The molecule has 0 spiro atoms. The first kappa shape index (κ1) is 22.4. The number of thiazole rings is 1. The van der Waals surface area contributed by atoms with Crippen molar-refractivity contribution < 1.29 is 14.3 Å². The Balaban J connectivity index is 1.27. The molecule has 0 saturated carbocycles. The summed E-state index contributed by atoms with van der Waals surface area (Å²) >= 11 is 1.78. The third kappa shape index (κ3) is 4.97. The first-order valence-corrected chi connectivity index (χ1v) is 11.8. The van der Waals surface area contributed by atoms with E-state index in [4.69, 9.17) is 14.5 Å². The Labute approximate surface area is 192 Å². The number of aromatic nitrogens is 1. The number of amides is 1. The largest absolute Gasteiger partial charge is 0.497 e. The number of benzene rings is 2. The first-order chi connectivity index (χ1) is 15.6. The molecule has 1 aliphatic rings. The highest BCUT2D eigenvalue weighted by atomic mass is 32.1. The first-order valence-electron chi connectivity index (χ1n) is 11.0. The lowest BCUT2D eigenvalue weighted by atomic mass is 10.1. The van der Waals surface area contributed by atoms with Crippen LogP contribution in [0.1, 0.15) is 22.8 Å². The monoisotopic (exact) mass is 454 g/mol. The fourth-order valence-corrected chi connectivity index (χ4v) is 5.01. The van der Waals surface area contributed by atoms with Crippen LogP contribution in [-0.4, -0.2) is 69.3 Å². The Hall–Kier alpha value is -2.84. The number of nitrogens with zero attached hydrogens (tertiary/aromatic N) is 3. The zero-order chi connectivity index (χ0) is 22.5. The molecule has 0 aliphatic carbocycles. The van der Waals surface area contributed by atoms with Crippen molar-refractivity contribution in [2.24, 2.45) is 0 Å². The number of methoxy groups -OCH3 is 2. The van der Waals surface area contributed by atoms with Crippen LogP contribution in [-0.2, 0) is 6.42 Å². The number of aryl methyl sites for hydroxylation is 1. The quantitative estimate of drug-likeness (QED) is 0.563. The molecule has 2 heterocycles. The maximum atomic E-state index is 12.5. The van der Waals surface area contributed by atoms with Crippen LogP contribution in [0.5, 0.6) is 11.5 Å². The van der Waals surface area contributed by atoms with Gasteiger partial charge < -0.3 is 19.7 Å². The van der Waals surface area contributed by atoms with Crippen LogP contribution in [0.15, 0.2) is 36.4 Å². The highest BCUT2D eigenvalue weighted by Gasteiger charge is 2.20. The van der Waals surface area contributed by atoms with Crippen LogP contribution in [0.25, 0.3) is 10.2 Å². The molecule has 0 unspecified atom stereocenters. The Morgan fingerprint density at radius 2 is 1.81 bits per heavy atom. The van der Waals surface area contributed by atoms with E-state index in [2.05, 4.69) is 40.2 Å². The maximum Gasteiger partial charge on any atom is 0.251 e. The van der Waals surface area contributed by atoms with Crippen LogP contribution < -0.4 is 19.7 Å². The van der Waals surface area contributed by atoms with Crippen LogP contribution in [0.3, 0.4) is 0 Å². The van der Waals surface area contributed by atoms with Crippen molar-refractivity contribution in [3.05, 3.63) is 47.5 Å². The van der Waals surface area contributed by atoms with Crippen molar-refractivity contribution in [1.29, 1.82) is 0 Å². The third-order valence-corrected chi connectivity index (χ3v) is 6.92. The summed E-state index contributed by atoms with van der Waals surface area (Å²) in [5, 5.41) is 4.12. The molecular weight excluding hydrogens is 424 g/mol. The van der Waals surface area contributed by atoms with E-state index in [1.807, 2.05) is 0 Å². The van der Waals surface area contributed by atoms with Crippen LogP contribution in [0.4, 0.5) is 5.13 Å². The second-order valence-corrected chi connectivity index (χ2v) is 8.81. The maximum absolute atomic E-state index is 12.5. The summed E-state index contributed by atoms with van der Waals surface area (Å²) in [7, 11) is 3.15. The fraction of sp³-hybridized carbons (Fsp3) is 0.417. The summed E-state index contributed by atoms with van der Waals surface area (Å²) in [4.78, 5) is 22.2. The molecule has 1 fully saturated rings. The normalized spacial score (nSPS) is 14.5. The van der Waals surface area contributed by atoms with Gasteiger partial charge >= 0.3 is 0 Å². The highest BCUT2D eigenvalue weighted by Crippen LogP contribution is 2.31. The molecule has 170 valence electrons. The van der Waals surface area contributed by atoms with Gasteiger partial charge in [-0.25, -0.2) is 4.98 Å². The lowest BCUT2D eigenvalue weighted by Gasteiger charge is -2.34. The van der Waals surface area contributed by atoms with E-state index >= 15 is 0 Å². The molecule has 1 saturated heterocycles. The molecule has 2 aromatic carbocycles. The van der Waals surface area contributed by atoms with E-state index in [1.165, 1.54) is 10.3 Å². The molecule has 3 aromatic rings. The molecule has 1 N–H and O–H groups in total. The SMILES string of the molecule is CCc1cccc2sc(N3CCN(CCNC(=O)c4cc(OC)cc(OC)c4)CC3)nc12. The zero-order valence-electron chi connectivity index (χ0n) is 18.9. The smallest absolute Gasteiger partial charge is 0.251 e. The lowest BCUT2D eigenvalue weighted by Crippen LogP contribution is -2.48. The van der Waals surface area contributed by atoms with E-state index < -0.39 is 0 Å². The standard InChI is InChI=1S/C24H30N4O3S/c1-4-17-6-5-7-21-22(17)26-24(32-21)28-12-10-27(11-13-28)9-8-25-23(29)18-14-19(30-2)16-20(15-18)31-3/h5-7,14-16H,4,8-13H2,1-3H3,(H,25,29). The number of carbonyl (C=O) groups excluding carboxylic acids is 1. The number of para-hydroxylation sites is 1. The van der Waals surface area contributed by atoms with Gasteiger partial charge in [0.05, 0.1) is 24.4 Å². The summed E-state index contributed by atoms with van der Waals surface area (Å²) in [5.74, 6) is 1.08. The van der Waals surface area contributed by atoms with Crippen molar-refractivity contribution in [3.8, 4) is 11.5 Å². The molecule has 7 nitrogen and oxygen atoms in total. The summed E-state index contributed by atoms with van der Waals surface area (Å²) in [6.07, 6.45) is 1.00. The van der Waals surface area contributed by atoms with Gasteiger partial charge in [-0.3, -0.25) is 9.69 Å². The molecule has 0 atom stereocenters. The molecule has 0 bridgehead atoms. The number of fused-ring (bicyclic) bond motifs is 1. The van der Waals surface area contributed by atoms with E-state index in [-0.39, 0.29) is 5.91 Å². The molecule has 1 aliphatic heterocycles. The topological polar surface area (TPSA) is 66.9 Å². The van der Waals surface area contributed by atoms with Crippen molar-refractivity contribution in [2.45, 2.75) is 13.3 Å². The van der Waals surface area contributed by atoms with Gasteiger partial charge in [0.2, 0.25) is 0 Å². The Morgan fingerprint density at radius 1 is 1.09 bits per heavy atom. The molecule has 8 heteroatoms. The van der Waals surface area contributed by atoms with Crippen molar-refractivity contribution in [3.63, 3.8) is 0 Å². The lowest BCUT2D eigenvalue weighted by molar-refractivity contribution is 0.0947. The summed E-state index contributed by atoms with van der Waals surface area (Å²) in [5.41, 5.74) is 3.00. The Bertz CT molecular complexity index is 1050. The van der Waals surface area contributed by atoms with Gasteiger partial charge in [-0.1, -0.05) is 30.4 Å². The number of nitrogens with one attached hydrogen (secondary N) is 1. The average molecular weight is 455 g/mol. The summed E-state index contributed by atoms with van der Waals surface area (Å²) < 4.78 is 11.8. The van der Waals surface area contributed by atoms with Gasteiger partial charge in [0, 0.05) is 50.9 Å². The molecule has 32 heavy (non-hydrogen) atoms. The minimum Gasteiger partial charge on any atom is -0.497 e. The number of rotatable bonds is 8. The minimum absolute atomic E-state index is 0.123. The molecule has 4 rings (SSSR count). The third-order valence-electron chi connectivity index (χ3n) is 5.84. The zero-order valence-corrected chi connectivity index (χ0v) is 19.7. The van der Waals surface area contributed by atoms with Gasteiger partial charge in [0.1, 0.15) is 11.5 Å². The minimum atomic E-state index is -0.123. The van der Waals surface area contributed by atoms with E-state index in [1.54, 1.807) is 43.8 Å². The van der Waals surface area contributed by atoms with Gasteiger partial charge in [0.25, 0.3) is 5.91 Å². The summed E-state index contributed by atoms with van der Waals surface area (Å²) in [6.45, 7) is 7.40. The fourth-order valence-electron chi connectivity index (χ4n) is 3.95. The Morgan fingerprint density at radius 3 is 2.47 bits per heavy atom. The number of hydrogen-bond acceptors (Lipinski definition) is 7. The average Bonchev–Trinajstić information content (AvgIpc) is 3.28. The van der Waals surface area contributed by atoms with Gasteiger partial charge in [-0.05, 0) is 30.2 Å². The van der Waals surface area contributed by atoms with Gasteiger partial charge in [0.15, 0.2) is 5.13 Å². The van der Waals surface area contributed by atoms with E-state index in [9.17, 15) is 4.79 Å². The predicted octanol–water partition coefficient (Wildman–Crippen LogP) is 3.43. The predicted molar refractivity (Wildman–Crippen MR) is 130 cm³/mol. The second kappa shape index (κ2) is 10.2. The van der Waals surface area contributed by atoms with Crippen LogP contribution >= 0.6 is 11.3 Å². The molecular formula is C24H30N4O3S. The highest BCUT2D eigenvalue weighted by molar-refractivity contribution is 7.22. The number of carbonyl (C=O) groups is 1. The summed E-state index contributed by atoms with van der Waals surface area (Å²) in [6, 6.07) is 11.6. The van der Waals surface area contributed by atoms with Crippen LogP contribution in [0, 0.1) is 0 Å². The van der Waals surface area contributed by atoms with Crippen LogP contribution in [0.2, 0.25) is 0 Å². The molecule has 1 amide bonds. The molecule has 0 radical (unpaired) electrons. The Kier molecular flexibility index (Phi) is 7.12. The number of hydrogen-bond donors (Lipinski definition) is 1. The van der Waals surface area contributed by atoms with Gasteiger partial charge in [-0.2, -0.15) is 0 Å². The number of piperazine rings is 1. The number of anilines is 1. The van der Waals surface area contributed by atoms with E-state index in [0.29, 0.717) is 23.6 Å². The van der Waals surface area contributed by atoms with E-state index in [0.717, 1.165) is 49.8 Å². The van der Waals surface area contributed by atoms with Crippen molar-refractivity contribution >= 4 is 32.6 Å². The number of ether oxygens (including phenoxy) is 2. The second-order valence-electron chi connectivity index (χ2n) is 7.80. The van der Waals surface area contributed by atoms with Gasteiger partial charge in [-0.15, -0.1) is 0 Å².